The van der Waals surface area contributed by atoms with Gasteiger partial charge in [-0.2, -0.15) is 0 Å². The number of hydrogen-bond acceptors (Lipinski definition) is 1. The molecule has 1 saturated heterocycles. The lowest BCUT2D eigenvalue weighted by molar-refractivity contribution is -0.672. The average Bonchev–Trinajstić information content (AvgIpc) is 2.67. The molecule has 140 valence electrons. The monoisotopic (exact) mass is 356 g/mol. The summed E-state index contributed by atoms with van der Waals surface area (Å²) in [5.41, 5.74) is 2.30. The number of ether oxygens (including phenoxy) is 1. The first kappa shape index (κ1) is 19.1. The van der Waals surface area contributed by atoms with Gasteiger partial charge in [-0.05, 0) is 37.8 Å². The van der Waals surface area contributed by atoms with Crippen LogP contribution in [-0.2, 0) is 16.7 Å². The van der Waals surface area contributed by atoms with E-state index in [0.717, 1.165) is 44.4 Å². The molecular formula is C23H31FNO+. The van der Waals surface area contributed by atoms with Crippen molar-refractivity contribution >= 4 is 0 Å². The highest BCUT2D eigenvalue weighted by molar-refractivity contribution is 5.27. The molecule has 0 spiro atoms. The molecule has 2 aromatic rings. The normalized spacial score (nSPS) is 26.0. The number of quaternary nitrogens is 1. The molecule has 0 amide bonds. The Hall–Kier alpha value is -1.71. The SMILES string of the molecule is CC[C@]1(C)C[C@@](CC[NH2+]Cc2ccccc2F)(c2ccccc2)CCO1. The molecule has 3 rings (SSSR count). The summed E-state index contributed by atoms with van der Waals surface area (Å²) in [6.45, 7) is 6.95. The van der Waals surface area contributed by atoms with Gasteiger partial charge in [0.05, 0.1) is 12.1 Å². The van der Waals surface area contributed by atoms with E-state index in [-0.39, 0.29) is 16.8 Å². The van der Waals surface area contributed by atoms with E-state index in [1.807, 2.05) is 12.1 Å². The van der Waals surface area contributed by atoms with Crippen LogP contribution in [0.25, 0.3) is 0 Å². The van der Waals surface area contributed by atoms with E-state index in [9.17, 15) is 4.39 Å². The third kappa shape index (κ3) is 4.33. The number of benzene rings is 2. The second kappa shape index (κ2) is 8.32. The van der Waals surface area contributed by atoms with Crippen molar-refractivity contribution < 1.29 is 14.4 Å². The molecule has 3 heteroatoms. The fourth-order valence-electron chi connectivity index (χ4n) is 4.27. The highest BCUT2D eigenvalue weighted by Crippen LogP contribution is 2.44. The smallest absolute Gasteiger partial charge is 0.132 e. The summed E-state index contributed by atoms with van der Waals surface area (Å²) < 4.78 is 19.9. The fraction of sp³-hybridized carbons (Fsp3) is 0.478. The second-order valence-corrected chi connectivity index (χ2v) is 7.85. The first-order chi connectivity index (χ1) is 12.6. The minimum absolute atomic E-state index is 0.0559. The van der Waals surface area contributed by atoms with Crippen molar-refractivity contribution in [2.75, 3.05) is 13.2 Å². The van der Waals surface area contributed by atoms with E-state index < -0.39 is 0 Å². The Bertz CT molecular complexity index is 704. The van der Waals surface area contributed by atoms with Crippen LogP contribution in [-0.4, -0.2) is 18.8 Å². The van der Waals surface area contributed by atoms with Gasteiger partial charge in [0.1, 0.15) is 12.4 Å². The topological polar surface area (TPSA) is 25.8 Å². The van der Waals surface area contributed by atoms with Crippen LogP contribution in [0.15, 0.2) is 54.6 Å². The summed E-state index contributed by atoms with van der Waals surface area (Å²) >= 11 is 0. The maximum Gasteiger partial charge on any atom is 0.132 e. The minimum atomic E-state index is -0.105. The Morgan fingerprint density at radius 2 is 1.81 bits per heavy atom. The van der Waals surface area contributed by atoms with Gasteiger partial charge >= 0.3 is 0 Å². The Kier molecular flexibility index (Phi) is 6.10. The fourth-order valence-corrected chi connectivity index (χ4v) is 4.27. The van der Waals surface area contributed by atoms with Crippen molar-refractivity contribution in [3.63, 3.8) is 0 Å². The van der Waals surface area contributed by atoms with Gasteiger partial charge < -0.3 is 10.1 Å². The van der Waals surface area contributed by atoms with E-state index in [4.69, 9.17) is 4.74 Å². The third-order valence-electron chi connectivity index (χ3n) is 6.03. The van der Waals surface area contributed by atoms with Crippen LogP contribution in [0.5, 0.6) is 0 Å². The zero-order chi connectivity index (χ0) is 18.5. The maximum absolute atomic E-state index is 13.8. The van der Waals surface area contributed by atoms with Gasteiger partial charge in [-0.25, -0.2) is 4.39 Å². The van der Waals surface area contributed by atoms with Crippen LogP contribution in [0, 0.1) is 5.82 Å². The molecule has 2 atom stereocenters. The molecule has 0 aliphatic carbocycles. The Morgan fingerprint density at radius 3 is 2.54 bits per heavy atom. The highest BCUT2D eigenvalue weighted by Gasteiger charge is 2.43. The van der Waals surface area contributed by atoms with Gasteiger partial charge in [0.15, 0.2) is 0 Å². The van der Waals surface area contributed by atoms with Crippen LogP contribution >= 0.6 is 0 Å². The molecule has 1 fully saturated rings. The van der Waals surface area contributed by atoms with Gasteiger partial charge in [0.25, 0.3) is 0 Å². The summed E-state index contributed by atoms with van der Waals surface area (Å²) in [5.74, 6) is -0.105. The summed E-state index contributed by atoms with van der Waals surface area (Å²) in [7, 11) is 0. The Morgan fingerprint density at radius 1 is 1.08 bits per heavy atom. The Balaban J connectivity index is 1.70. The summed E-state index contributed by atoms with van der Waals surface area (Å²) in [5, 5.41) is 2.24. The third-order valence-corrected chi connectivity index (χ3v) is 6.03. The second-order valence-electron chi connectivity index (χ2n) is 7.85. The van der Waals surface area contributed by atoms with Crippen LogP contribution in [0.2, 0.25) is 0 Å². The molecule has 0 aromatic heterocycles. The van der Waals surface area contributed by atoms with Crippen molar-refractivity contribution in [2.45, 2.75) is 57.1 Å². The van der Waals surface area contributed by atoms with Crippen LogP contribution in [0.4, 0.5) is 4.39 Å². The highest BCUT2D eigenvalue weighted by atomic mass is 19.1. The minimum Gasteiger partial charge on any atom is -0.375 e. The average molecular weight is 357 g/mol. The summed E-state index contributed by atoms with van der Waals surface area (Å²) in [4.78, 5) is 0. The first-order valence-corrected chi connectivity index (χ1v) is 9.81. The van der Waals surface area contributed by atoms with Crippen LogP contribution in [0.3, 0.4) is 0 Å². The van der Waals surface area contributed by atoms with Crippen LogP contribution < -0.4 is 5.32 Å². The van der Waals surface area contributed by atoms with E-state index in [1.54, 1.807) is 12.1 Å². The van der Waals surface area contributed by atoms with E-state index in [1.165, 1.54) is 5.56 Å². The largest absolute Gasteiger partial charge is 0.375 e. The molecule has 26 heavy (non-hydrogen) atoms. The van der Waals surface area contributed by atoms with E-state index in [0.29, 0.717) is 6.54 Å². The van der Waals surface area contributed by atoms with Crippen molar-refractivity contribution in [3.05, 3.63) is 71.5 Å². The van der Waals surface area contributed by atoms with Crippen molar-refractivity contribution in [1.82, 2.24) is 0 Å². The summed E-state index contributed by atoms with van der Waals surface area (Å²) in [6.07, 6.45) is 4.22. The zero-order valence-corrected chi connectivity index (χ0v) is 16.0. The maximum atomic E-state index is 13.8. The van der Waals surface area contributed by atoms with E-state index >= 15 is 0 Å². The molecule has 2 aromatic carbocycles. The van der Waals surface area contributed by atoms with Gasteiger partial charge in [0, 0.05) is 24.0 Å². The molecule has 0 radical (unpaired) electrons. The van der Waals surface area contributed by atoms with Gasteiger partial charge in [-0.1, -0.05) is 55.5 Å². The molecule has 2 N–H and O–H groups in total. The van der Waals surface area contributed by atoms with Crippen LogP contribution in [0.1, 0.15) is 50.7 Å². The molecule has 1 heterocycles. The van der Waals surface area contributed by atoms with Crippen molar-refractivity contribution in [1.29, 1.82) is 0 Å². The van der Waals surface area contributed by atoms with Gasteiger partial charge in [-0.15, -0.1) is 0 Å². The number of halogens is 1. The molecule has 1 aliphatic rings. The lowest BCUT2D eigenvalue weighted by Crippen LogP contribution is -2.83. The molecular weight excluding hydrogens is 325 g/mol. The first-order valence-electron chi connectivity index (χ1n) is 9.81. The molecule has 0 bridgehead atoms. The number of nitrogens with two attached hydrogens (primary N) is 1. The molecule has 2 nitrogen and oxygen atoms in total. The van der Waals surface area contributed by atoms with E-state index in [2.05, 4.69) is 49.5 Å². The summed E-state index contributed by atoms with van der Waals surface area (Å²) in [6, 6.07) is 18.0. The Labute approximate surface area is 156 Å². The number of rotatable bonds is 7. The number of hydrogen-bond donors (Lipinski definition) is 1. The predicted octanol–water partition coefficient (Wildman–Crippen LogP) is 4.20. The lowest BCUT2D eigenvalue weighted by atomic mass is 9.66. The molecule has 1 aliphatic heterocycles. The van der Waals surface area contributed by atoms with Crippen molar-refractivity contribution in [2.24, 2.45) is 0 Å². The standard InChI is InChI=1S/C23H30FNO/c1-3-22(2)18-23(14-16-26-22,20-10-5-4-6-11-20)13-15-25-17-19-9-7-8-12-21(19)24/h4-12,25H,3,13-18H2,1-2H3/p+1/t22-,23+/m1/s1. The molecule has 0 unspecified atom stereocenters. The zero-order valence-electron chi connectivity index (χ0n) is 16.0. The lowest BCUT2D eigenvalue weighted by Gasteiger charge is -2.46. The quantitative estimate of drug-likeness (QED) is 0.740. The molecule has 0 saturated carbocycles. The van der Waals surface area contributed by atoms with Crippen molar-refractivity contribution in [3.8, 4) is 0 Å². The van der Waals surface area contributed by atoms with Gasteiger partial charge in [0.2, 0.25) is 0 Å². The van der Waals surface area contributed by atoms with Gasteiger partial charge in [-0.3, -0.25) is 0 Å². The predicted molar refractivity (Wildman–Crippen MR) is 104 cm³/mol.